The zero-order valence-corrected chi connectivity index (χ0v) is 10.3. The number of aliphatic carboxylic acids is 1. The van der Waals surface area contributed by atoms with Crippen LogP contribution in [0.1, 0.15) is 18.9 Å². The third kappa shape index (κ3) is 5.36. The largest absolute Gasteiger partial charge is 0.494 e. The van der Waals surface area contributed by atoms with Crippen LogP contribution in [0, 0.1) is 6.92 Å². The quantitative estimate of drug-likeness (QED) is 0.710. The highest BCUT2D eigenvalue weighted by molar-refractivity contribution is 5.72. The topological polar surface area (TPSA) is 58.6 Å². The van der Waals surface area contributed by atoms with Crippen LogP contribution in [0.5, 0.6) is 5.75 Å². The van der Waals surface area contributed by atoms with Crippen LogP contribution in [0.25, 0.3) is 0 Å². The van der Waals surface area contributed by atoms with E-state index in [-0.39, 0.29) is 0 Å². The van der Waals surface area contributed by atoms with E-state index < -0.39 is 12.0 Å². The van der Waals surface area contributed by atoms with Crippen molar-refractivity contribution < 1.29 is 14.6 Å². The first kappa shape index (κ1) is 13.5. The zero-order chi connectivity index (χ0) is 12.7. The van der Waals surface area contributed by atoms with Crippen molar-refractivity contribution in [2.24, 2.45) is 0 Å². The first-order chi connectivity index (χ1) is 8.09. The third-order valence-corrected chi connectivity index (χ3v) is 2.40. The number of benzene rings is 1. The Hall–Kier alpha value is -1.55. The summed E-state index contributed by atoms with van der Waals surface area (Å²) in [6.45, 7) is 4.87. The molecule has 4 heteroatoms. The lowest BCUT2D eigenvalue weighted by atomic mass is 10.2. The SMILES string of the molecule is Cc1cccc(OCCCN[C@@H](C)C(=O)O)c1. The van der Waals surface area contributed by atoms with Gasteiger partial charge in [-0.05, 0) is 44.5 Å². The number of hydrogen-bond donors (Lipinski definition) is 2. The Morgan fingerprint density at radius 2 is 2.29 bits per heavy atom. The molecule has 0 amide bonds. The van der Waals surface area contributed by atoms with Gasteiger partial charge >= 0.3 is 5.97 Å². The van der Waals surface area contributed by atoms with E-state index >= 15 is 0 Å². The Labute approximate surface area is 102 Å². The molecule has 0 aromatic heterocycles. The molecule has 4 nitrogen and oxygen atoms in total. The normalized spacial score (nSPS) is 12.1. The highest BCUT2D eigenvalue weighted by Crippen LogP contribution is 2.12. The molecule has 1 aromatic rings. The lowest BCUT2D eigenvalue weighted by Gasteiger charge is -2.10. The van der Waals surface area contributed by atoms with Gasteiger partial charge in [0, 0.05) is 0 Å². The van der Waals surface area contributed by atoms with E-state index in [1.54, 1.807) is 6.92 Å². The first-order valence-corrected chi connectivity index (χ1v) is 5.75. The van der Waals surface area contributed by atoms with Crippen molar-refractivity contribution in [3.8, 4) is 5.75 Å². The van der Waals surface area contributed by atoms with Gasteiger partial charge < -0.3 is 15.2 Å². The number of nitrogens with one attached hydrogen (secondary N) is 1. The Morgan fingerprint density at radius 3 is 2.94 bits per heavy atom. The van der Waals surface area contributed by atoms with Crippen LogP contribution in [0.4, 0.5) is 0 Å². The van der Waals surface area contributed by atoms with Crippen LogP contribution < -0.4 is 10.1 Å². The summed E-state index contributed by atoms with van der Waals surface area (Å²) in [6, 6.07) is 7.36. The molecule has 1 aromatic carbocycles. The Kier molecular flexibility index (Phi) is 5.49. The summed E-state index contributed by atoms with van der Waals surface area (Å²) >= 11 is 0. The molecule has 0 unspecified atom stereocenters. The maximum absolute atomic E-state index is 10.5. The van der Waals surface area contributed by atoms with Gasteiger partial charge in [-0.15, -0.1) is 0 Å². The first-order valence-electron chi connectivity index (χ1n) is 5.75. The average molecular weight is 237 g/mol. The van der Waals surface area contributed by atoms with Gasteiger partial charge in [-0.25, -0.2) is 0 Å². The van der Waals surface area contributed by atoms with Gasteiger partial charge in [-0.1, -0.05) is 12.1 Å². The highest BCUT2D eigenvalue weighted by Gasteiger charge is 2.08. The van der Waals surface area contributed by atoms with Crippen LogP contribution in [-0.4, -0.2) is 30.3 Å². The van der Waals surface area contributed by atoms with Crippen molar-refractivity contribution in [2.75, 3.05) is 13.2 Å². The summed E-state index contributed by atoms with van der Waals surface area (Å²) in [5.41, 5.74) is 1.17. The molecular formula is C13H19NO3. The molecule has 0 saturated heterocycles. The van der Waals surface area contributed by atoms with E-state index in [1.807, 2.05) is 31.2 Å². The maximum Gasteiger partial charge on any atom is 0.320 e. The van der Waals surface area contributed by atoms with Crippen LogP contribution >= 0.6 is 0 Å². The fraction of sp³-hybridized carbons (Fsp3) is 0.462. The Bertz CT molecular complexity index is 365. The molecule has 0 heterocycles. The number of hydrogen-bond acceptors (Lipinski definition) is 3. The molecule has 0 radical (unpaired) electrons. The fourth-order valence-corrected chi connectivity index (χ4v) is 1.37. The highest BCUT2D eigenvalue weighted by atomic mass is 16.5. The van der Waals surface area contributed by atoms with Gasteiger partial charge in [0.15, 0.2) is 0 Å². The lowest BCUT2D eigenvalue weighted by Crippen LogP contribution is -2.34. The molecule has 0 aliphatic heterocycles. The minimum absolute atomic E-state index is 0.506. The molecule has 0 spiro atoms. The van der Waals surface area contributed by atoms with Gasteiger partial charge in [-0.2, -0.15) is 0 Å². The molecule has 94 valence electrons. The summed E-state index contributed by atoms with van der Waals surface area (Å²) in [6.07, 6.45) is 0.783. The molecule has 1 atom stereocenters. The summed E-state index contributed by atoms with van der Waals surface area (Å²) in [7, 11) is 0. The van der Waals surface area contributed by atoms with Crippen molar-refractivity contribution >= 4 is 5.97 Å². The molecule has 0 fully saturated rings. The molecule has 17 heavy (non-hydrogen) atoms. The van der Waals surface area contributed by atoms with Crippen molar-refractivity contribution in [2.45, 2.75) is 26.3 Å². The predicted molar refractivity (Wildman–Crippen MR) is 66.4 cm³/mol. The summed E-state index contributed by atoms with van der Waals surface area (Å²) < 4.78 is 5.54. The van der Waals surface area contributed by atoms with E-state index in [9.17, 15) is 4.79 Å². The molecule has 0 bridgehead atoms. The summed E-state index contributed by atoms with van der Waals surface area (Å²) in [5.74, 6) is 0.0286. The minimum Gasteiger partial charge on any atom is -0.494 e. The van der Waals surface area contributed by atoms with E-state index in [0.717, 1.165) is 12.2 Å². The lowest BCUT2D eigenvalue weighted by molar-refractivity contribution is -0.139. The maximum atomic E-state index is 10.5. The number of carbonyl (C=O) groups is 1. The second kappa shape index (κ2) is 6.91. The fourth-order valence-electron chi connectivity index (χ4n) is 1.37. The number of ether oxygens (including phenoxy) is 1. The van der Waals surface area contributed by atoms with Crippen LogP contribution in [0.15, 0.2) is 24.3 Å². The molecule has 1 rings (SSSR count). The molecule has 0 aliphatic rings. The second-order valence-electron chi connectivity index (χ2n) is 4.03. The molecule has 0 aliphatic carbocycles. The van der Waals surface area contributed by atoms with Gasteiger partial charge in [0.25, 0.3) is 0 Å². The minimum atomic E-state index is -0.829. The molecular weight excluding hydrogens is 218 g/mol. The van der Waals surface area contributed by atoms with Crippen LogP contribution in [0.3, 0.4) is 0 Å². The van der Waals surface area contributed by atoms with E-state index in [0.29, 0.717) is 13.2 Å². The van der Waals surface area contributed by atoms with Crippen molar-refractivity contribution in [1.29, 1.82) is 0 Å². The van der Waals surface area contributed by atoms with Gasteiger partial charge in [0.05, 0.1) is 6.61 Å². The van der Waals surface area contributed by atoms with Crippen LogP contribution in [-0.2, 0) is 4.79 Å². The third-order valence-electron chi connectivity index (χ3n) is 2.40. The smallest absolute Gasteiger partial charge is 0.320 e. The number of carboxylic acid groups (broad SMARTS) is 1. The standard InChI is InChI=1S/C13H19NO3/c1-10-5-3-6-12(9-10)17-8-4-7-14-11(2)13(15)16/h3,5-6,9,11,14H,4,7-8H2,1-2H3,(H,15,16)/t11-/m0/s1. The zero-order valence-electron chi connectivity index (χ0n) is 10.3. The van der Waals surface area contributed by atoms with E-state index in [4.69, 9.17) is 9.84 Å². The average Bonchev–Trinajstić information content (AvgIpc) is 2.28. The number of carboxylic acids is 1. The number of aryl methyl sites for hydroxylation is 1. The van der Waals surface area contributed by atoms with Gasteiger partial charge in [-0.3, -0.25) is 4.79 Å². The molecule has 0 saturated carbocycles. The second-order valence-corrected chi connectivity index (χ2v) is 4.03. The Balaban J connectivity index is 2.14. The van der Waals surface area contributed by atoms with Gasteiger partial charge in [0.1, 0.15) is 11.8 Å². The van der Waals surface area contributed by atoms with Crippen molar-refractivity contribution in [3.63, 3.8) is 0 Å². The van der Waals surface area contributed by atoms with Crippen molar-refractivity contribution in [3.05, 3.63) is 29.8 Å². The van der Waals surface area contributed by atoms with Crippen molar-refractivity contribution in [1.82, 2.24) is 5.32 Å². The molecule has 2 N–H and O–H groups in total. The van der Waals surface area contributed by atoms with Gasteiger partial charge in [0.2, 0.25) is 0 Å². The van der Waals surface area contributed by atoms with E-state index in [1.165, 1.54) is 5.56 Å². The number of rotatable bonds is 7. The van der Waals surface area contributed by atoms with E-state index in [2.05, 4.69) is 5.32 Å². The predicted octanol–water partition coefficient (Wildman–Crippen LogP) is 1.83. The summed E-state index contributed by atoms with van der Waals surface area (Å²) in [5, 5.41) is 11.6. The Morgan fingerprint density at radius 1 is 1.53 bits per heavy atom. The monoisotopic (exact) mass is 237 g/mol. The summed E-state index contributed by atoms with van der Waals surface area (Å²) in [4.78, 5) is 10.5. The van der Waals surface area contributed by atoms with Crippen LogP contribution in [0.2, 0.25) is 0 Å².